The van der Waals surface area contributed by atoms with Gasteiger partial charge in [0, 0.05) is 22.6 Å². The molecule has 0 saturated heterocycles. The number of benzene rings is 2. The van der Waals surface area contributed by atoms with Crippen LogP contribution in [0.4, 0.5) is 5.69 Å². The van der Waals surface area contributed by atoms with Crippen LogP contribution in [0.2, 0.25) is 15.1 Å². The van der Waals surface area contributed by atoms with Crippen LogP contribution >= 0.6 is 34.8 Å². The first-order valence-electron chi connectivity index (χ1n) is 10.6. The van der Waals surface area contributed by atoms with Gasteiger partial charge in [-0.15, -0.1) is 0 Å². The third-order valence-corrected chi connectivity index (χ3v) is 6.87. The van der Waals surface area contributed by atoms with Crippen molar-refractivity contribution in [2.24, 2.45) is 0 Å². The molecule has 0 saturated carbocycles. The molecule has 0 aliphatic rings. The lowest BCUT2D eigenvalue weighted by Crippen LogP contribution is -2.53. The van der Waals surface area contributed by atoms with Crippen LogP contribution in [-0.2, 0) is 26.2 Å². The van der Waals surface area contributed by atoms with E-state index in [1.165, 1.54) is 23.1 Å². The zero-order valence-electron chi connectivity index (χ0n) is 19.4. The molecule has 2 aromatic rings. The summed E-state index contributed by atoms with van der Waals surface area (Å²) in [6, 6.07) is 10.3. The average Bonchev–Trinajstić information content (AvgIpc) is 2.73. The molecule has 0 bridgehead atoms. The lowest BCUT2D eigenvalue weighted by Gasteiger charge is -2.33. The highest BCUT2D eigenvalue weighted by Crippen LogP contribution is 2.31. The first kappa shape index (κ1) is 28.2. The Hall–Kier alpha value is -2.00. The van der Waals surface area contributed by atoms with Gasteiger partial charge in [0.15, 0.2) is 0 Å². The molecule has 0 unspecified atom stereocenters. The van der Waals surface area contributed by atoms with Crippen molar-refractivity contribution in [3.05, 3.63) is 63.1 Å². The van der Waals surface area contributed by atoms with Crippen LogP contribution in [0.3, 0.4) is 0 Å². The highest BCUT2D eigenvalue weighted by atomic mass is 35.5. The maximum absolute atomic E-state index is 13.6. The molecule has 0 aliphatic heterocycles. The summed E-state index contributed by atoms with van der Waals surface area (Å²) in [6.45, 7) is 4.96. The van der Waals surface area contributed by atoms with Crippen LogP contribution in [0.25, 0.3) is 0 Å². The fraction of sp³-hybridized carbons (Fsp3) is 0.391. The van der Waals surface area contributed by atoms with Crippen LogP contribution in [-0.4, -0.2) is 50.0 Å². The largest absolute Gasteiger partial charge is 0.352 e. The summed E-state index contributed by atoms with van der Waals surface area (Å²) in [5, 5.41) is 3.75. The Morgan fingerprint density at radius 3 is 2.12 bits per heavy atom. The average molecular weight is 549 g/mol. The van der Waals surface area contributed by atoms with Gasteiger partial charge in [-0.1, -0.05) is 53.9 Å². The lowest BCUT2D eigenvalue weighted by atomic mass is 10.1. The van der Waals surface area contributed by atoms with E-state index in [0.717, 1.165) is 16.1 Å². The number of nitrogens with zero attached hydrogens (tertiary/aromatic N) is 2. The van der Waals surface area contributed by atoms with Crippen molar-refractivity contribution in [2.45, 2.75) is 45.8 Å². The molecule has 2 rings (SSSR count). The molecule has 1 N–H and O–H groups in total. The van der Waals surface area contributed by atoms with E-state index in [-0.39, 0.29) is 34.2 Å². The molecule has 0 fully saturated rings. The quantitative estimate of drug-likeness (QED) is 0.464. The molecule has 2 aromatic carbocycles. The van der Waals surface area contributed by atoms with Crippen molar-refractivity contribution in [3.8, 4) is 0 Å². The summed E-state index contributed by atoms with van der Waals surface area (Å²) in [5.74, 6) is -0.895. The number of rotatable bonds is 10. The topological polar surface area (TPSA) is 86.8 Å². The summed E-state index contributed by atoms with van der Waals surface area (Å²) in [5.41, 5.74) is 0.816. The minimum absolute atomic E-state index is 0.0798. The minimum atomic E-state index is -3.91. The Morgan fingerprint density at radius 1 is 1.00 bits per heavy atom. The van der Waals surface area contributed by atoms with E-state index in [1.807, 2.05) is 13.8 Å². The minimum Gasteiger partial charge on any atom is -0.352 e. The highest BCUT2D eigenvalue weighted by molar-refractivity contribution is 7.92. The van der Waals surface area contributed by atoms with Gasteiger partial charge in [0.1, 0.15) is 12.6 Å². The lowest BCUT2D eigenvalue weighted by molar-refractivity contribution is -0.140. The van der Waals surface area contributed by atoms with Crippen LogP contribution in [0.1, 0.15) is 32.8 Å². The molecule has 0 aliphatic carbocycles. The van der Waals surface area contributed by atoms with Crippen molar-refractivity contribution >= 4 is 62.3 Å². The van der Waals surface area contributed by atoms with E-state index in [0.29, 0.717) is 11.4 Å². The van der Waals surface area contributed by atoms with E-state index in [1.54, 1.807) is 31.2 Å². The van der Waals surface area contributed by atoms with Gasteiger partial charge in [-0.05, 0) is 56.2 Å². The second-order valence-electron chi connectivity index (χ2n) is 8.10. The number of carbonyl (C=O) groups is 2. The first-order chi connectivity index (χ1) is 15.8. The number of sulfonamides is 1. The van der Waals surface area contributed by atoms with Crippen molar-refractivity contribution in [1.29, 1.82) is 0 Å². The summed E-state index contributed by atoms with van der Waals surface area (Å²) >= 11 is 18.3. The summed E-state index contributed by atoms with van der Waals surface area (Å²) in [6.07, 6.45) is 1.30. The molecular weight excluding hydrogens is 521 g/mol. The number of nitrogens with one attached hydrogen (secondary N) is 1. The van der Waals surface area contributed by atoms with Gasteiger partial charge in [-0.3, -0.25) is 13.9 Å². The predicted octanol–water partition coefficient (Wildman–Crippen LogP) is 4.74. The van der Waals surface area contributed by atoms with Gasteiger partial charge < -0.3 is 10.2 Å². The van der Waals surface area contributed by atoms with Gasteiger partial charge in [0.25, 0.3) is 0 Å². The molecule has 34 heavy (non-hydrogen) atoms. The number of amides is 2. The molecule has 1 atom stereocenters. The molecule has 11 heteroatoms. The summed E-state index contributed by atoms with van der Waals surface area (Å²) < 4.78 is 26.1. The maximum atomic E-state index is 13.6. The van der Waals surface area contributed by atoms with Gasteiger partial charge in [-0.25, -0.2) is 8.42 Å². The number of hydrogen-bond acceptors (Lipinski definition) is 4. The van der Waals surface area contributed by atoms with E-state index in [9.17, 15) is 18.0 Å². The Kier molecular flexibility index (Phi) is 10.1. The van der Waals surface area contributed by atoms with E-state index in [4.69, 9.17) is 34.8 Å². The maximum Gasteiger partial charge on any atom is 0.244 e. The second kappa shape index (κ2) is 12.1. The number of anilines is 1. The van der Waals surface area contributed by atoms with Crippen LogP contribution in [0.15, 0.2) is 42.5 Å². The molecule has 186 valence electrons. The Morgan fingerprint density at radius 2 is 1.59 bits per heavy atom. The third kappa shape index (κ3) is 7.77. The van der Waals surface area contributed by atoms with Crippen molar-refractivity contribution in [2.75, 3.05) is 17.1 Å². The smallest absolute Gasteiger partial charge is 0.244 e. The molecular formula is C23H28Cl3N3O4S. The SMILES string of the molecule is CC[C@H](C(=O)NC(C)C)N(Cc1ccc(Cl)cc1)C(=O)CN(c1cc(Cl)ccc1Cl)S(C)(=O)=O. The van der Waals surface area contributed by atoms with Crippen molar-refractivity contribution < 1.29 is 18.0 Å². The van der Waals surface area contributed by atoms with Gasteiger partial charge in [0.05, 0.1) is 17.0 Å². The predicted molar refractivity (Wildman–Crippen MR) is 138 cm³/mol. The number of halogens is 3. The van der Waals surface area contributed by atoms with Crippen molar-refractivity contribution in [3.63, 3.8) is 0 Å². The Balaban J connectivity index is 2.48. The summed E-state index contributed by atoms with van der Waals surface area (Å²) in [4.78, 5) is 27.9. The fourth-order valence-electron chi connectivity index (χ4n) is 3.36. The molecule has 0 spiro atoms. The molecule has 7 nitrogen and oxygen atoms in total. The number of hydrogen-bond donors (Lipinski definition) is 1. The van der Waals surface area contributed by atoms with Crippen molar-refractivity contribution in [1.82, 2.24) is 10.2 Å². The zero-order chi connectivity index (χ0) is 25.6. The van der Waals surface area contributed by atoms with Gasteiger partial charge in [0.2, 0.25) is 21.8 Å². The number of carbonyl (C=O) groups excluding carboxylic acids is 2. The second-order valence-corrected chi connectivity index (χ2v) is 11.3. The standard InChI is InChI=1S/C23H28Cl3N3O4S/c1-5-20(23(31)27-15(2)3)28(13-16-6-8-17(24)9-7-16)22(30)14-29(34(4,32)33)21-12-18(25)10-11-19(21)26/h6-12,15,20H,5,13-14H2,1-4H3,(H,27,31)/t20-/m1/s1. The molecule has 0 aromatic heterocycles. The van der Waals surface area contributed by atoms with E-state index >= 15 is 0 Å². The van der Waals surface area contributed by atoms with Crippen LogP contribution < -0.4 is 9.62 Å². The monoisotopic (exact) mass is 547 g/mol. The summed E-state index contributed by atoms with van der Waals surface area (Å²) in [7, 11) is -3.91. The highest BCUT2D eigenvalue weighted by Gasteiger charge is 2.32. The molecule has 0 radical (unpaired) electrons. The third-order valence-electron chi connectivity index (χ3n) is 4.94. The fourth-order valence-corrected chi connectivity index (χ4v) is 4.77. The molecule has 2 amide bonds. The Bertz CT molecular complexity index is 1120. The normalized spacial score (nSPS) is 12.4. The van der Waals surface area contributed by atoms with Crippen LogP contribution in [0, 0.1) is 0 Å². The Labute approximate surface area is 216 Å². The van der Waals surface area contributed by atoms with E-state index in [2.05, 4.69) is 5.32 Å². The van der Waals surface area contributed by atoms with Gasteiger partial charge >= 0.3 is 0 Å². The first-order valence-corrected chi connectivity index (χ1v) is 13.6. The van der Waals surface area contributed by atoms with Crippen LogP contribution in [0.5, 0.6) is 0 Å². The van der Waals surface area contributed by atoms with Gasteiger partial charge in [-0.2, -0.15) is 0 Å². The van der Waals surface area contributed by atoms with E-state index < -0.39 is 28.5 Å². The zero-order valence-corrected chi connectivity index (χ0v) is 22.5. The molecule has 0 heterocycles.